The van der Waals surface area contributed by atoms with E-state index in [9.17, 15) is 4.79 Å². The fourth-order valence-electron chi connectivity index (χ4n) is 1.99. The van der Waals surface area contributed by atoms with E-state index in [0.29, 0.717) is 5.69 Å². The molecule has 3 aromatic heterocycles. The summed E-state index contributed by atoms with van der Waals surface area (Å²) in [5.41, 5.74) is 1.51. The van der Waals surface area contributed by atoms with Crippen molar-refractivity contribution in [2.75, 3.05) is 5.32 Å². The maximum absolute atomic E-state index is 12.0. The Balaban J connectivity index is 1.62. The van der Waals surface area contributed by atoms with E-state index in [-0.39, 0.29) is 12.1 Å². The molecule has 7 nitrogen and oxygen atoms in total. The number of rotatable bonds is 4. The predicted octanol–water partition coefficient (Wildman–Crippen LogP) is 2.49. The van der Waals surface area contributed by atoms with Crippen molar-refractivity contribution >= 4 is 28.0 Å². The molecule has 8 heteroatoms. The molecule has 0 saturated heterocycles. The largest absolute Gasteiger partial charge is 0.330 e. The van der Waals surface area contributed by atoms with Crippen molar-refractivity contribution in [3.63, 3.8) is 0 Å². The summed E-state index contributed by atoms with van der Waals surface area (Å²) in [6.45, 7) is 4.66. The van der Waals surface area contributed by atoms with E-state index in [1.807, 2.05) is 36.0 Å². The lowest BCUT2D eigenvalue weighted by atomic mass is 10.2. The summed E-state index contributed by atoms with van der Waals surface area (Å²) in [6, 6.07) is -0.437. The molecule has 0 aromatic carbocycles. The Kier molecular flexibility index (Phi) is 3.61. The molecule has 2 amide bonds. The summed E-state index contributed by atoms with van der Waals surface area (Å²) in [6.07, 6.45) is 7.28. The molecule has 1 atom stereocenters. The van der Waals surface area contributed by atoms with Gasteiger partial charge in [0.05, 0.1) is 23.6 Å². The molecule has 0 fully saturated rings. The van der Waals surface area contributed by atoms with E-state index in [2.05, 4.69) is 20.7 Å². The van der Waals surface area contributed by atoms with Gasteiger partial charge in [0, 0.05) is 30.5 Å². The summed E-state index contributed by atoms with van der Waals surface area (Å²) < 4.78 is 3.70. The molecule has 2 N–H and O–H groups in total. The Morgan fingerprint density at radius 2 is 2.33 bits per heavy atom. The van der Waals surface area contributed by atoms with Gasteiger partial charge in [-0.1, -0.05) is 0 Å². The number of aryl methyl sites for hydroxylation is 1. The summed E-state index contributed by atoms with van der Waals surface area (Å²) in [4.78, 5) is 17.3. The van der Waals surface area contributed by atoms with Gasteiger partial charge < -0.3 is 10.6 Å². The minimum atomic E-state index is -0.269. The molecule has 3 rings (SSSR count). The summed E-state index contributed by atoms with van der Waals surface area (Å²) in [5, 5.41) is 11.7. The molecule has 110 valence electrons. The van der Waals surface area contributed by atoms with Gasteiger partial charge in [-0.3, -0.25) is 9.08 Å². The molecule has 3 aromatic rings. The number of urea groups is 1. The van der Waals surface area contributed by atoms with Gasteiger partial charge in [-0.25, -0.2) is 9.78 Å². The second-order valence-electron chi connectivity index (χ2n) is 4.66. The third-order valence-electron chi connectivity index (χ3n) is 3.12. The first-order chi connectivity index (χ1) is 10.2. The van der Waals surface area contributed by atoms with Gasteiger partial charge in [0.2, 0.25) is 0 Å². The molecule has 0 aliphatic heterocycles. The highest BCUT2D eigenvalue weighted by atomic mass is 32.1. The minimum Gasteiger partial charge on any atom is -0.330 e. The van der Waals surface area contributed by atoms with Crippen LogP contribution < -0.4 is 10.6 Å². The number of nitrogens with one attached hydrogen (secondary N) is 2. The lowest BCUT2D eigenvalue weighted by Gasteiger charge is -2.11. The van der Waals surface area contributed by atoms with Crippen LogP contribution in [0.5, 0.6) is 0 Å². The van der Waals surface area contributed by atoms with Crippen molar-refractivity contribution in [2.45, 2.75) is 26.4 Å². The number of fused-ring (bicyclic) bond motifs is 1. The number of carbonyl (C=O) groups excluding carboxylic acids is 1. The lowest BCUT2D eigenvalue weighted by Crippen LogP contribution is -2.31. The molecule has 0 aliphatic carbocycles. The number of hydrogen-bond acceptors (Lipinski definition) is 4. The van der Waals surface area contributed by atoms with Crippen LogP contribution in [-0.4, -0.2) is 25.2 Å². The van der Waals surface area contributed by atoms with E-state index in [4.69, 9.17) is 0 Å². The van der Waals surface area contributed by atoms with Crippen molar-refractivity contribution < 1.29 is 4.79 Å². The number of carbonyl (C=O) groups is 1. The SMILES string of the molecule is CCn1cc(NC(=O)N[C@H](C)c2cn3ccsc3n2)cn1. The molecule has 0 bridgehead atoms. The van der Waals surface area contributed by atoms with Crippen molar-refractivity contribution in [1.82, 2.24) is 24.5 Å². The van der Waals surface area contributed by atoms with Gasteiger partial charge in [-0.2, -0.15) is 5.10 Å². The zero-order valence-electron chi connectivity index (χ0n) is 11.8. The van der Waals surface area contributed by atoms with Crippen LogP contribution in [0.15, 0.2) is 30.2 Å². The third-order valence-corrected chi connectivity index (χ3v) is 3.89. The molecule has 3 heterocycles. The number of hydrogen-bond donors (Lipinski definition) is 2. The number of nitrogens with zero attached hydrogens (tertiary/aromatic N) is 4. The van der Waals surface area contributed by atoms with E-state index in [0.717, 1.165) is 17.2 Å². The maximum atomic E-state index is 12.0. The van der Waals surface area contributed by atoms with Crippen LogP contribution in [0.3, 0.4) is 0 Å². The monoisotopic (exact) mass is 304 g/mol. The molecule has 0 spiro atoms. The van der Waals surface area contributed by atoms with Crippen LogP contribution in [0.1, 0.15) is 25.6 Å². The van der Waals surface area contributed by atoms with Gasteiger partial charge in [0.25, 0.3) is 0 Å². The molecule has 21 heavy (non-hydrogen) atoms. The van der Waals surface area contributed by atoms with Gasteiger partial charge in [-0.05, 0) is 13.8 Å². The van der Waals surface area contributed by atoms with Crippen molar-refractivity contribution in [3.05, 3.63) is 35.9 Å². The van der Waals surface area contributed by atoms with Gasteiger partial charge in [0.15, 0.2) is 4.96 Å². The van der Waals surface area contributed by atoms with Crippen LogP contribution >= 0.6 is 11.3 Å². The van der Waals surface area contributed by atoms with E-state index >= 15 is 0 Å². The van der Waals surface area contributed by atoms with Crippen LogP contribution in [0.2, 0.25) is 0 Å². The molecular formula is C13H16N6OS. The number of thiazole rings is 1. The lowest BCUT2D eigenvalue weighted by molar-refractivity contribution is 0.249. The van der Waals surface area contributed by atoms with Crippen LogP contribution in [0.4, 0.5) is 10.5 Å². The van der Waals surface area contributed by atoms with Crippen LogP contribution in [-0.2, 0) is 6.54 Å². The first kappa shape index (κ1) is 13.6. The average molecular weight is 304 g/mol. The molecular weight excluding hydrogens is 288 g/mol. The Hall–Kier alpha value is -2.35. The average Bonchev–Trinajstić information content (AvgIpc) is 3.12. The van der Waals surface area contributed by atoms with Crippen molar-refractivity contribution in [2.24, 2.45) is 0 Å². The number of aromatic nitrogens is 4. The smallest absolute Gasteiger partial charge is 0.319 e. The fourth-order valence-corrected chi connectivity index (χ4v) is 2.70. The normalized spacial score (nSPS) is 12.5. The Morgan fingerprint density at radius 3 is 3.05 bits per heavy atom. The first-order valence-corrected chi connectivity index (χ1v) is 7.55. The molecule has 0 saturated carbocycles. The first-order valence-electron chi connectivity index (χ1n) is 6.67. The molecule has 0 radical (unpaired) electrons. The second-order valence-corrected chi connectivity index (χ2v) is 5.54. The Labute approximate surface area is 125 Å². The van der Waals surface area contributed by atoms with E-state index < -0.39 is 0 Å². The number of amides is 2. The molecule has 0 aliphatic rings. The molecule has 0 unspecified atom stereocenters. The van der Waals surface area contributed by atoms with Gasteiger partial charge in [0.1, 0.15) is 0 Å². The van der Waals surface area contributed by atoms with Crippen LogP contribution in [0, 0.1) is 0 Å². The Bertz CT molecular complexity index is 729. The minimum absolute atomic E-state index is 0.168. The van der Waals surface area contributed by atoms with E-state index in [1.54, 1.807) is 28.4 Å². The standard InChI is InChI=1S/C13H16N6OS/c1-3-19-7-10(6-14-19)16-12(20)15-9(2)11-8-18-4-5-21-13(18)17-11/h4-9H,3H2,1-2H3,(H2,15,16,20)/t9-/m1/s1. The topological polar surface area (TPSA) is 76.2 Å². The maximum Gasteiger partial charge on any atom is 0.319 e. The third kappa shape index (κ3) is 2.89. The second kappa shape index (κ2) is 5.57. The fraction of sp³-hybridized carbons (Fsp3) is 0.308. The zero-order valence-corrected chi connectivity index (χ0v) is 12.6. The summed E-state index contributed by atoms with van der Waals surface area (Å²) in [7, 11) is 0. The van der Waals surface area contributed by atoms with Crippen LogP contribution in [0.25, 0.3) is 4.96 Å². The predicted molar refractivity (Wildman–Crippen MR) is 81.5 cm³/mol. The highest BCUT2D eigenvalue weighted by Gasteiger charge is 2.14. The number of anilines is 1. The zero-order chi connectivity index (χ0) is 14.8. The quantitative estimate of drug-likeness (QED) is 0.777. The highest BCUT2D eigenvalue weighted by Crippen LogP contribution is 2.16. The van der Waals surface area contributed by atoms with Crippen molar-refractivity contribution in [3.8, 4) is 0 Å². The van der Waals surface area contributed by atoms with Gasteiger partial charge >= 0.3 is 6.03 Å². The summed E-state index contributed by atoms with van der Waals surface area (Å²) >= 11 is 1.56. The van der Waals surface area contributed by atoms with E-state index in [1.165, 1.54) is 0 Å². The summed E-state index contributed by atoms with van der Waals surface area (Å²) in [5.74, 6) is 0. The highest BCUT2D eigenvalue weighted by molar-refractivity contribution is 7.15. The van der Waals surface area contributed by atoms with Crippen molar-refractivity contribution in [1.29, 1.82) is 0 Å². The number of imidazole rings is 1. The Morgan fingerprint density at radius 1 is 1.48 bits per heavy atom. The van der Waals surface area contributed by atoms with Gasteiger partial charge in [-0.15, -0.1) is 11.3 Å².